The van der Waals surface area contributed by atoms with E-state index in [1.165, 1.54) is 0 Å². The molecule has 0 aromatic rings. The van der Waals surface area contributed by atoms with E-state index in [0.29, 0.717) is 0 Å². The first-order valence-electron chi connectivity index (χ1n) is 2.00. The average Bonchev–Trinajstić information content (AvgIpc) is 0.722. The summed E-state index contributed by atoms with van der Waals surface area (Å²) in [6.45, 7) is 9.31. The summed E-state index contributed by atoms with van der Waals surface area (Å²) in [6.07, 6.45) is 0. The van der Waals surface area contributed by atoms with Gasteiger partial charge in [0.05, 0.1) is 0 Å². The van der Waals surface area contributed by atoms with Gasteiger partial charge in [-0.05, 0) is 0 Å². The average molecular weight is 133 g/mol. The van der Waals surface area contributed by atoms with E-state index in [0.717, 1.165) is 0 Å². The summed E-state index contributed by atoms with van der Waals surface area (Å²) in [5.74, 6) is 0. The maximum absolute atomic E-state index is 2.33. The van der Waals surface area contributed by atoms with Crippen molar-refractivity contribution in [3.63, 3.8) is 0 Å². The smallest absolute Gasteiger partial charge is 0.0411 e. The van der Waals surface area contributed by atoms with Crippen molar-refractivity contribution in [1.82, 2.24) is 0 Å². The molecule has 35 valence electrons. The Kier molecular flexibility index (Phi) is 5.30. The predicted molar refractivity (Wildman–Crippen MR) is 29.2 cm³/mol. The van der Waals surface area contributed by atoms with Crippen LogP contribution in [0.5, 0.6) is 0 Å². The molecule has 0 spiro atoms. The van der Waals surface area contributed by atoms with E-state index < -0.39 is 8.07 Å². The molecular weight excluding hydrogens is 121 g/mol. The first kappa shape index (κ1) is 10.1. The van der Waals surface area contributed by atoms with Crippen LogP contribution in [0.15, 0.2) is 0 Å². The van der Waals surface area contributed by atoms with Crippen LogP contribution in [-0.4, -0.2) is 8.07 Å². The molecule has 0 N–H and O–H groups in total. The standard InChI is InChI=1S/C4H12Si.Sc/c1-5(2,3)4;/h1-4H3;. The Bertz CT molecular complexity index is 23.0. The summed E-state index contributed by atoms with van der Waals surface area (Å²) in [7, 11) is -0.611. The minimum Gasteiger partial charge on any atom is -0.0697 e. The monoisotopic (exact) mass is 133 g/mol. The third kappa shape index (κ3) is 71.9. The van der Waals surface area contributed by atoms with Crippen LogP contribution in [0.4, 0.5) is 0 Å². The van der Waals surface area contributed by atoms with Gasteiger partial charge in [-0.25, -0.2) is 0 Å². The van der Waals surface area contributed by atoms with Gasteiger partial charge in [0.15, 0.2) is 0 Å². The molecule has 0 bridgehead atoms. The normalized spacial score (nSPS) is 10.0. The molecule has 0 aliphatic rings. The predicted octanol–water partition coefficient (Wildman–Crippen LogP) is 1.95. The molecule has 0 aliphatic heterocycles. The molecule has 0 saturated heterocycles. The Balaban J connectivity index is 0. The molecular formula is C4H12ScSi. The van der Waals surface area contributed by atoms with Gasteiger partial charge in [-0.1, -0.05) is 26.2 Å². The fraction of sp³-hybridized carbons (Fsp3) is 1.00. The molecule has 0 amide bonds. The molecule has 6 heavy (non-hydrogen) atoms. The Hall–Kier alpha value is 1.09. The molecule has 0 aliphatic carbocycles. The fourth-order valence-corrected chi connectivity index (χ4v) is 0. The second-order valence-electron chi connectivity index (χ2n) is 3.00. The van der Waals surface area contributed by atoms with Gasteiger partial charge >= 0.3 is 0 Å². The van der Waals surface area contributed by atoms with E-state index in [-0.39, 0.29) is 25.8 Å². The van der Waals surface area contributed by atoms with E-state index in [1.54, 1.807) is 0 Å². The summed E-state index contributed by atoms with van der Waals surface area (Å²) in [4.78, 5) is 0. The van der Waals surface area contributed by atoms with Gasteiger partial charge in [0, 0.05) is 33.9 Å². The minimum atomic E-state index is -0.611. The van der Waals surface area contributed by atoms with Gasteiger partial charge in [0.2, 0.25) is 0 Å². The van der Waals surface area contributed by atoms with Crippen LogP contribution in [0.3, 0.4) is 0 Å². The van der Waals surface area contributed by atoms with Crippen LogP contribution in [-0.2, 0) is 25.8 Å². The topological polar surface area (TPSA) is 0 Å². The molecule has 0 aromatic heterocycles. The first-order valence-corrected chi connectivity index (χ1v) is 6.00. The van der Waals surface area contributed by atoms with Gasteiger partial charge in [-0.2, -0.15) is 0 Å². The first-order chi connectivity index (χ1) is 2.00. The summed E-state index contributed by atoms with van der Waals surface area (Å²) in [5, 5.41) is 0. The van der Waals surface area contributed by atoms with E-state index in [9.17, 15) is 0 Å². The van der Waals surface area contributed by atoms with Crippen molar-refractivity contribution in [2.45, 2.75) is 26.2 Å². The van der Waals surface area contributed by atoms with Crippen molar-refractivity contribution < 1.29 is 25.8 Å². The second-order valence-corrected chi connectivity index (χ2v) is 9.00. The van der Waals surface area contributed by atoms with Gasteiger partial charge in [-0.3, -0.25) is 0 Å². The maximum atomic E-state index is 2.33. The third-order valence-corrected chi connectivity index (χ3v) is 0. The Labute approximate surface area is 60.1 Å². The molecule has 0 nitrogen and oxygen atoms in total. The zero-order chi connectivity index (χ0) is 4.50. The van der Waals surface area contributed by atoms with Crippen LogP contribution in [0.25, 0.3) is 0 Å². The van der Waals surface area contributed by atoms with Crippen LogP contribution < -0.4 is 0 Å². The van der Waals surface area contributed by atoms with E-state index >= 15 is 0 Å². The molecule has 0 fully saturated rings. The Morgan fingerprint density at radius 1 is 0.833 bits per heavy atom. The second kappa shape index (κ2) is 3.14. The summed E-state index contributed by atoms with van der Waals surface area (Å²) in [6, 6.07) is 0. The van der Waals surface area contributed by atoms with Crippen molar-refractivity contribution >= 4 is 8.07 Å². The Morgan fingerprint density at radius 2 is 0.833 bits per heavy atom. The van der Waals surface area contributed by atoms with Gasteiger partial charge in [0.25, 0.3) is 0 Å². The molecule has 0 heterocycles. The van der Waals surface area contributed by atoms with Crippen molar-refractivity contribution in [2.75, 3.05) is 0 Å². The van der Waals surface area contributed by atoms with Crippen LogP contribution in [0.2, 0.25) is 26.2 Å². The van der Waals surface area contributed by atoms with E-state index in [1.807, 2.05) is 0 Å². The van der Waals surface area contributed by atoms with Crippen LogP contribution in [0, 0.1) is 0 Å². The summed E-state index contributed by atoms with van der Waals surface area (Å²) < 4.78 is 0. The van der Waals surface area contributed by atoms with Gasteiger partial charge in [0.1, 0.15) is 0 Å². The zero-order valence-electron chi connectivity index (χ0n) is 5.08. The quantitative estimate of drug-likeness (QED) is 0.443. The fourth-order valence-electron chi connectivity index (χ4n) is 0. The number of hydrogen-bond donors (Lipinski definition) is 0. The molecule has 0 aromatic carbocycles. The molecule has 1 radical (unpaired) electrons. The van der Waals surface area contributed by atoms with Crippen LogP contribution >= 0.6 is 0 Å². The zero-order valence-corrected chi connectivity index (χ0v) is 7.88. The van der Waals surface area contributed by atoms with E-state index in [4.69, 9.17) is 0 Å². The SMILES string of the molecule is C[Si](C)(C)C.[Sc]. The van der Waals surface area contributed by atoms with Crippen LogP contribution in [0.1, 0.15) is 0 Å². The molecule has 0 unspecified atom stereocenters. The van der Waals surface area contributed by atoms with Crippen molar-refractivity contribution in [3.8, 4) is 0 Å². The summed E-state index contributed by atoms with van der Waals surface area (Å²) in [5.41, 5.74) is 0. The van der Waals surface area contributed by atoms with Gasteiger partial charge < -0.3 is 0 Å². The van der Waals surface area contributed by atoms with E-state index in [2.05, 4.69) is 26.2 Å². The molecule has 0 saturated carbocycles. The molecule has 0 atom stereocenters. The number of hydrogen-bond acceptors (Lipinski definition) is 0. The Morgan fingerprint density at radius 3 is 0.833 bits per heavy atom. The van der Waals surface area contributed by atoms with Crippen molar-refractivity contribution in [1.29, 1.82) is 0 Å². The minimum absolute atomic E-state index is 0. The molecule has 2 heteroatoms. The third-order valence-electron chi connectivity index (χ3n) is 0. The number of rotatable bonds is 0. The van der Waals surface area contributed by atoms with Crippen molar-refractivity contribution in [2.24, 2.45) is 0 Å². The largest absolute Gasteiger partial charge is 0.0697 e. The summed E-state index contributed by atoms with van der Waals surface area (Å²) >= 11 is 0. The maximum Gasteiger partial charge on any atom is 0.0411 e. The molecule has 0 rings (SSSR count). The van der Waals surface area contributed by atoms with Gasteiger partial charge in [-0.15, -0.1) is 0 Å². The van der Waals surface area contributed by atoms with Crippen molar-refractivity contribution in [3.05, 3.63) is 0 Å².